The summed E-state index contributed by atoms with van der Waals surface area (Å²) in [5, 5.41) is 9.70. The lowest BCUT2D eigenvalue weighted by Gasteiger charge is -2.44. The van der Waals surface area contributed by atoms with Gasteiger partial charge in [-0.25, -0.2) is 0 Å². The molecule has 4 nitrogen and oxygen atoms in total. The summed E-state index contributed by atoms with van der Waals surface area (Å²) in [5.41, 5.74) is -0.221. The molecule has 0 aromatic rings. The van der Waals surface area contributed by atoms with Crippen molar-refractivity contribution in [3.8, 4) is 0 Å². The molecule has 5 heteroatoms. The van der Waals surface area contributed by atoms with Crippen molar-refractivity contribution in [2.45, 2.75) is 76.2 Å². The molecule has 2 saturated heterocycles. The Hall–Kier alpha value is 0.0569. The fourth-order valence-corrected chi connectivity index (χ4v) is 3.93. The van der Waals surface area contributed by atoms with E-state index in [4.69, 9.17) is 13.9 Å². The highest BCUT2D eigenvalue weighted by Crippen LogP contribution is 2.50. The van der Waals surface area contributed by atoms with Gasteiger partial charge in [0, 0.05) is 6.42 Å². The van der Waals surface area contributed by atoms with E-state index in [0.717, 1.165) is 6.42 Å². The van der Waals surface area contributed by atoms with E-state index in [0.29, 0.717) is 6.61 Å². The van der Waals surface area contributed by atoms with Gasteiger partial charge in [0.25, 0.3) is 0 Å². The van der Waals surface area contributed by atoms with E-state index in [-0.39, 0.29) is 35.6 Å². The molecule has 0 aromatic heterocycles. The molecule has 2 rings (SSSR count). The van der Waals surface area contributed by atoms with Crippen LogP contribution in [0.3, 0.4) is 0 Å². The summed E-state index contributed by atoms with van der Waals surface area (Å²) in [6.45, 7) is 13.9. The Kier molecular flexibility index (Phi) is 3.91. The maximum Gasteiger partial charge on any atom is 0.192 e. The molecule has 0 amide bonds. The zero-order chi connectivity index (χ0) is 14.5. The minimum absolute atomic E-state index is 0.00286. The van der Waals surface area contributed by atoms with Crippen molar-refractivity contribution in [3.63, 3.8) is 0 Å². The quantitative estimate of drug-likeness (QED) is 0.639. The lowest BCUT2D eigenvalue weighted by Crippen LogP contribution is -2.57. The van der Waals surface area contributed by atoms with Crippen molar-refractivity contribution in [3.05, 3.63) is 0 Å². The van der Waals surface area contributed by atoms with Gasteiger partial charge in [-0.1, -0.05) is 20.8 Å². The van der Waals surface area contributed by atoms with Crippen molar-refractivity contribution in [1.82, 2.24) is 0 Å². The molecule has 4 atom stereocenters. The summed E-state index contributed by atoms with van der Waals surface area (Å²) in [4.78, 5) is 0. The van der Waals surface area contributed by atoms with E-state index < -0.39 is 8.32 Å². The fourth-order valence-electron chi connectivity index (χ4n) is 2.59. The van der Waals surface area contributed by atoms with Crippen LogP contribution in [0.25, 0.3) is 0 Å². The van der Waals surface area contributed by atoms with Crippen molar-refractivity contribution in [2.24, 2.45) is 0 Å². The number of ether oxygens (including phenoxy) is 2. The number of epoxide rings is 1. The second-order valence-corrected chi connectivity index (χ2v) is 12.1. The van der Waals surface area contributed by atoms with Crippen LogP contribution in [0.1, 0.15) is 34.1 Å². The maximum absolute atomic E-state index is 9.56. The van der Waals surface area contributed by atoms with E-state index in [1.54, 1.807) is 0 Å². The van der Waals surface area contributed by atoms with Gasteiger partial charge in [0.05, 0.1) is 19.3 Å². The molecule has 19 heavy (non-hydrogen) atoms. The SMILES string of the molecule is C[C@H]1O[C@]12CCO[C@H](CO)[C@H]2O[Si](C)(C)C(C)(C)C. The number of aliphatic hydroxyl groups is 1. The second kappa shape index (κ2) is 4.81. The molecule has 2 aliphatic rings. The number of aliphatic hydroxyl groups excluding tert-OH is 1. The molecule has 2 aliphatic heterocycles. The van der Waals surface area contributed by atoms with Gasteiger partial charge in [0.1, 0.15) is 17.8 Å². The Labute approximate surface area is 117 Å². The predicted octanol–water partition coefficient (Wildman–Crippen LogP) is 2.32. The van der Waals surface area contributed by atoms with Crippen molar-refractivity contribution < 1.29 is 19.0 Å². The molecule has 0 saturated carbocycles. The lowest BCUT2D eigenvalue weighted by atomic mass is 9.89. The van der Waals surface area contributed by atoms with Crippen molar-refractivity contribution in [1.29, 1.82) is 0 Å². The summed E-state index contributed by atoms with van der Waals surface area (Å²) < 4.78 is 18.1. The Bertz CT molecular complexity index is 339. The first-order valence-corrected chi connectivity index (χ1v) is 10.1. The molecule has 0 bridgehead atoms. The normalized spacial score (nSPS) is 39.6. The van der Waals surface area contributed by atoms with Crippen molar-refractivity contribution >= 4 is 8.32 Å². The molecule has 2 heterocycles. The predicted molar refractivity (Wildman–Crippen MR) is 76.8 cm³/mol. The molecule has 1 N–H and O–H groups in total. The lowest BCUT2D eigenvalue weighted by molar-refractivity contribution is -0.124. The van der Waals surface area contributed by atoms with Crippen molar-refractivity contribution in [2.75, 3.05) is 13.2 Å². The zero-order valence-electron chi connectivity index (χ0n) is 13.0. The third kappa shape index (κ3) is 2.63. The largest absolute Gasteiger partial charge is 0.408 e. The molecule has 0 radical (unpaired) electrons. The molecule has 0 unspecified atom stereocenters. The summed E-state index contributed by atoms with van der Waals surface area (Å²) >= 11 is 0. The highest BCUT2D eigenvalue weighted by atomic mass is 28.4. The topological polar surface area (TPSA) is 51.2 Å². The minimum atomic E-state index is -1.90. The highest BCUT2D eigenvalue weighted by molar-refractivity contribution is 6.74. The van der Waals surface area contributed by atoms with Gasteiger partial charge in [0.15, 0.2) is 8.32 Å². The number of rotatable bonds is 3. The molecule has 2 fully saturated rings. The first-order valence-electron chi connectivity index (χ1n) is 7.22. The van der Waals surface area contributed by atoms with Crippen LogP contribution in [-0.4, -0.2) is 50.6 Å². The fraction of sp³-hybridized carbons (Fsp3) is 1.00. The standard InChI is InChI=1S/C14H28O4Si/c1-10-14(17-10)7-8-16-11(9-15)12(14)18-19(5,6)13(2,3)4/h10-12,15H,7-9H2,1-6H3/t10-,11-,12-,14-/m1/s1. The van der Waals surface area contributed by atoms with Crippen LogP contribution < -0.4 is 0 Å². The van der Waals surface area contributed by atoms with E-state index >= 15 is 0 Å². The van der Waals surface area contributed by atoms with Crippen LogP contribution >= 0.6 is 0 Å². The zero-order valence-corrected chi connectivity index (χ0v) is 14.0. The van der Waals surface area contributed by atoms with Crippen LogP contribution in [0.2, 0.25) is 18.1 Å². The number of hydrogen-bond acceptors (Lipinski definition) is 4. The summed E-state index contributed by atoms with van der Waals surface area (Å²) in [6.07, 6.45) is 0.680. The third-order valence-corrected chi connectivity index (χ3v) is 9.53. The van der Waals surface area contributed by atoms with Gasteiger partial charge in [0.2, 0.25) is 0 Å². The van der Waals surface area contributed by atoms with E-state index in [9.17, 15) is 5.11 Å². The van der Waals surface area contributed by atoms with E-state index in [2.05, 4.69) is 40.8 Å². The van der Waals surface area contributed by atoms with Crippen LogP contribution in [0, 0.1) is 0 Å². The molecule has 1 spiro atoms. The smallest absolute Gasteiger partial charge is 0.192 e. The van der Waals surface area contributed by atoms with Crippen LogP contribution in [0.5, 0.6) is 0 Å². The molecule has 0 aliphatic carbocycles. The summed E-state index contributed by atoms with van der Waals surface area (Å²) in [6, 6.07) is 0. The Morgan fingerprint density at radius 1 is 1.37 bits per heavy atom. The van der Waals surface area contributed by atoms with Gasteiger partial charge in [-0.05, 0) is 25.1 Å². The van der Waals surface area contributed by atoms with Gasteiger partial charge < -0.3 is 19.0 Å². The monoisotopic (exact) mass is 288 g/mol. The van der Waals surface area contributed by atoms with E-state index in [1.807, 2.05) is 0 Å². The van der Waals surface area contributed by atoms with E-state index in [1.165, 1.54) is 0 Å². The third-order valence-electron chi connectivity index (χ3n) is 5.08. The van der Waals surface area contributed by atoms with Crippen LogP contribution in [0.15, 0.2) is 0 Å². The Morgan fingerprint density at radius 2 is 1.95 bits per heavy atom. The van der Waals surface area contributed by atoms with Gasteiger partial charge in [-0.2, -0.15) is 0 Å². The molecule has 112 valence electrons. The number of hydrogen-bond donors (Lipinski definition) is 1. The molecule has 0 aromatic carbocycles. The maximum atomic E-state index is 9.56. The summed E-state index contributed by atoms with van der Waals surface area (Å²) in [7, 11) is -1.90. The average Bonchev–Trinajstić information content (AvgIpc) is 2.91. The van der Waals surface area contributed by atoms with Crippen LogP contribution in [-0.2, 0) is 13.9 Å². The molecular formula is C14H28O4Si. The van der Waals surface area contributed by atoms with Gasteiger partial charge in [-0.15, -0.1) is 0 Å². The summed E-state index contributed by atoms with van der Waals surface area (Å²) in [5.74, 6) is 0. The first-order chi connectivity index (χ1) is 8.64. The highest BCUT2D eigenvalue weighted by Gasteiger charge is 2.64. The second-order valence-electron chi connectivity index (χ2n) is 7.36. The van der Waals surface area contributed by atoms with Crippen LogP contribution in [0.4, 0.5) is 0 Å². The minimum Gasteiger partial charge on any atom is -0.408 e. The van der Waals surface area contributed by atoms with Gasteiger partial charge >= 0.3 is 0 Å². The Balaban J connectivity index is 2.19. The first kappa shape index (κ1) is 15.4. The Morgan fingerprint density at radius 3 is 2.37 bits per heavy atom. The van der Waals surface area contributed by atoms with Gasteiger partial charge in [-0.3, -0.25) is 0 Å². The molecular weight excluding hydrogens is 260 g/mol. The average molecular weight is 288 g/mol.